The van der Waals surface area contributed by atoms with Gasteiger partial charge < -0.3 is 0 Å². The highest BCUT2D eigenvalue weighted by Gasteiger charge is 2.47. The van der Waals surface area contributed by atoms with E-state index in [0.29, 0.717) is 0 Å². The van der Waals surface area contributed by atoms with E-state index >= 15 is 0 Å². The average Bonchev–Trinajstić information content (AvgIpc) is 3.49. The minimum absolute atomic E-state index is 0.399. The predicted octanol–water partition coefficient (Wildman–Crippen LogP) is 11.0. The summed E-state index contributed by atoms with van der Waals surface area (Å²) in [5.41, 5.74) is 14.8. The van der Waals surface area contributed by atoms with Gasteiger partial charge in [-0.1, -0.05) is 146 Å². The molecule has 9 rings (SSSR count). The van der Waals surface area contributed by atoms with Crippen LogP contribution < -0.4 is 0 Å². The molecule has 1 atom stereocenters. The zero-order chi connectivity index (χ0) is 32.6. The molecule has 0 bridgehead atoms. The Balaban J connectivity index is 1.16. The maximum atomic E-state index is 5.05. The van der Waals surface area contributed by atoms with Crippen molar-refractivity contribution in [3.63, 3.8) is 0 Å². The number of allylic oxidation sites excluding steroid dienone is 4. The van der Waals surface area contributed by atoms with Gasteiger partial charge in [-0.25, -0.2) is 9.97 Å². The van der Waals surface area contributed by atoms with Gasteiger partial charge in [-0.15, -0.1) is 0 Å². The van der Waals surface area contributed by atoms with Crippen LogP contribution in [-0.2, 0) is 5.41 Å². The minimum atomic E-state index is -0.399. The highest BCUT2D eigenvalue weighted by molar-refractivity contribution is 5.92. The molecule has 3 heteroatoms. The van der Waals surface area contributed by atoms with Crippen LogP contribution in [0.3, 0.4) is 0 Å². The summed E-state index contributed by atoms with van der Waals surface area (Å²) in [6.07, 6.45) is 10.6. The monoisotopic (exact) mass is 627 g/mol. The Morgan fingerprint density at radius 3 is 1.82 bits per heavy atom. The third kappa shape index (κ3) is 4.94. The Morgan fingerprint density at radius 1 is 0.510 bits per heavy atom. The normalized spacial score (nSPS) is 16.3. The summed E-state index contributed by atoms with van der Waals surface area (Å²) < 4.78 is 0. The molecule has 232 valence electrons. The van der Waals surface area contributed by atoms with E-state index < -0.39 is 5.41 Å². The predicted molar refractivity (Wildman–Crippen MR) is 200 cm³/mol. The third-order valence-corrected chi connectivity index (χ3v) is 9.98. The molecule has 0 aliphatic heterocycles. The van der Waals surface area contributed by atoms with Gasteiger partial charge in [0.15, 0.2) is 5.82 Å². The maximum absolute atomic E-state index is 5.05. The molecule has 0 N–H and O–H groups in total. The van der Waals surface area contributed by atoms with Crippen LogP contribution in [0.2, 0.25) is 0 Å². The van der Waals surface area contributed by atoms with Gasteiger partial charge in [0.1, 0.15) is 0 Å². The van der Waals surface area contributed by atoms with E-state index in [-0.39, 0.29) is 0 Å². The van der Waals surface area contributed by atoms with Crippen molar-refractivity contribution < 1.29 is 0 Å². The van der Waals surface area contributed by atoms with Crippen LogP contribution in [0, 0.1) is 0 Å². The number of nitrogens with zero attached hydrogens (tertiary/aromatic N) is 3. The minimum Gasteiger partial charge on any atom is -0.264 e. The SMILES string of the molecule is C1=CC2=C(CC1)C(c1ccccc1)(c1cccnc1)c1cc(-c3ccc(-c4cc(-c5ccccc5)nc(-c5ccccc5)n4)cc3)ccc12. The number of aromatic nitrogens is 3. The van der Waals surface area contributed by atoms with Crippen molar-refractivity contribution in [2.24, 2.45) is 0 Å². The van der Waals surface area contributed by atoms with Crippen LogP contribution in [0.4, 0.5) is 0 Å². The first kappa shape index (κ1) is 29.0. The van der Waals surface area contributed by atoms with Crippen molar-refractivity contribution in [2.45, 2.75) is 18.3 Å². The molecule has 3 nitrogen and oxygen atoms in total. The molecule has 0 saturated carbocycles. The van der Waals surface area contributed by atoms with Gasteiger partial charge in [-0.05, 0) is 75.6 Å². The molecule has 0 amide bonds. The molecule has 2 heterocycles. The quantitative estimate of drug-likeness (QED) is 0.184. The number of fused-ring (bicyclic) bond motifs is 2. The Morgan fingerprint density at radius 2 is 1.12 bits per heavy atom. The van der Waals surface area contributed by atoms with E-state index in [2.05, 4.69) is 139 Å². The first-order valence-electron chi connectivity index (χ1n) is 16.9. The van der Waals surface area contributed by atoms with Crippen molar-refractivity contribution in [1.82, 2.24) is 15.0 Å². The molecule has 2 aliphatic carbocycles. The van der Waals surface area contributed by atoms with Crippen molar-refractivity contribution in [3.8, 4) is 45.0 Å². The highest BCUT2D eigenvalue weighted by Crippen LogP contribution is 2.57. The first-order chi connectivity index (χ1) is 24.3. The van der Waals surface area contributed by atoms with Crippen LogP contribution in [0.1, 0.15) is 35.1 Å². The van der Waals surface area contributed by atoms with Crippen molar-refractivity contribution in [3.05, 3.63) is 204 Å². The fraction of sp³-hybridized carbons (Fsp3) is 0.0652. The summed E-state index contributed by atoms with van der Waals surface area (Å²) in [5.74, 6) is 0.720. The lowest BCUT2D eigenvalue weighted by molar-refractivity contribution is 0.693. The molecule has 1 unspecified atom stereocenters. The lowest BCUT2D eigenvalue weighted by Crippen LogP contribution is -2.30. The second-order valence-electron chi connectivity index (χ2n) is 12.7. The van der Waals surface area contributed by atoms with Crippen LogP contribution in [0.15, 0.2) is 182 Å². The number of pyridine rings is 1. The lowest BCUT2D eigenvalue weighted by Gasteiger charge is -2.36. The van der Waals surface area contributed by atoms with Crippen molar-refractivity contribution >= 4 is 5.57 Å². The molecular formula is C46H33N3. The number of hydrogen-bond donors (Lipinski definition) is 0. The summed E-state index contributed by atoms with van der Waals surface area (Å²) in [6.45, 7) is 0. The Kier molecular flexibility index (Phi) is 7.17. The number of hydrogen-bond acceptors (Lipinski definition) is 3. The topological polar surface area (TPSA) is 38.7 Å². The van der Waals surface area contributed by atoms with E-state index in [4.69, 9.17) is 9.97 Å². The zero-order valence-electron chi connectivity index (χ0n) is 27.0. The molecule has 2 aliphatic rings. The fourth-order valence-electron chi connectivity index (χ4n) is 7.74. The van der Waals surface area contributed by atoms with Gasteiger partial charge in [0.2, 0.25) is 0 Å². The van der Waals surface area contributed by atoms with Crippen molar-refractivity contribution in [1.29, 1.82) is 0 Å². The number of rotatable bonds is 6. The zero-order valence-corrected chi connectivity index (χ0v) is 27.0. The van der Waals surface area contributed by atoms with Crippen LogP contribution in [0.5, 0.6) is 0 Å². The molecule has 49 heavy (non-hydrogen) atoms. The highest BCUT2D eigenvalue weighted by atomic mass is 14.9. The lowest BCUT2D eigenvalue weighted by atomic mass is 9.65. The van der Waals surface area contributed by atoms with E-state index in [1.165, 1.54) is 44.5 Å². The second-order valence-corrected chi connectivity index (χ2v) is 12.7. The molecule has 0 fully saturated rings. The third-order valence-electron chi connectivity index (χ3n) is 9.98. The molecule has 5 aromatic carbocycles. The largest absolute Gasteiger partial charge is 0.264 e. The van der Waals surface area contributed by atoms with Gasteiger partial charge in [-0.3, -0.25) is 4.98 Å². The molecule has 0 spiro atoms. The first-order valence-corrected chi connectivity index (χ1v) is 16.9. The van der Waals surface area contributed by atoms with Crippen LogP contribution >= 0.6 is 0 Å². The average molecular weight is 628 g/mol. The van der Waals surface area contributed by atoms with Crippen LogP contribution in [0.25, 0.3) is 50.6 Å². The summed E-state index contributed by atoms with van der Waals surface area (Å²) in [6, 6.07) is 53.8. The molecular weight excluding hydrogens is 595 g/mol. The fourth-order valence-corrected chi connectivity index (χ4v) is 7.74. The van der Waals surface area contributed by atoms with E-state index in [1.807, 2.05) is 42.6 Å². The summed E-state index contributed by atoms with van der Waals surface area (Å²) >= 11 is 0. The van der Waals surface area contributed by atoms with Crippen LogP contribution in [-0.4, -0.2) is 15.0 Å². The Hall–Kier alpha value is -6.19. The molecule has 0 radical (unpaired) electrons. The van der Waals surface area contributed by atoms with Gasteiger partial charge in [0.05, 0.1) is 16.8 Å². The maximum Gasteiger partial charge on any atom is 0.160 e. The summed E-state index contributed by atoms with van der Waals surface area (Å²) in [7, 11) is 0. The summed E-state index contributed by atoms with van der Waals surface area (Å²) in [4.78, 5) is 14.6. The van der Waals surface area contributed by atoms with E-state index in [0.717, 1.165) is 46.7 Å². The van der Waals surface area contributed by atoms with E-state index in [1.54, 1.807) is 0 Å². The van der Waals surface area contributed by atoms with Gasteiger partial charge in [0, 0.05) is 29.1 Å². The Labute approximate surface area is 287 Å². The second kappa shape index (κ2) is 12.1. The Bertz CT molecular complexity index is 2250. The van der Waals surface area contributed by atoms with Crippen molar-refractivity contribution in [2.75, 3.05) is 0 Å². The molecule has 7 aromatic rings. The van der Waals surface area contributed by atoms with E-state index in [9.17, 15) is 0 Å². The number of benzene rings is 5. The van der Waals surface area contributed by atoms with Gasteiger partial charge >= 0.3 is 0 Å². The van der Waals surface area contributed by atoms with Gasteiger partial charge in [-0.2, -0.15) is 0 Å². The smallest absolute Gasteiger partial charge is 0.160 e. The summed E-state index contributed by atoms with van der Waals surface area (Å²) in [5, 5.41) is 0. The molecule has 2 aromatic heterocycles. The molecule has 0 saturated heterocycles. The standard InChI is InChI=1S/C46H33N3/c1-4-13-33(14-5-1)43-30-44(49-45(48-43)35-15-6-2-7-16-35)34-24-22-32(23-25-34)36-26-27-40-39-20-10-11-21-41(39)46(42(40)29-36,37-17-8-3-9-18-37)38-19-12-28-47-31-38/h1-10,12-20,22-31H,11,21H2. The van der Waals surface area contributed by atoms with Gasteiger partial charge in [0.25, 0.3) is 0 Å².